The van der Waals surface area contributed by atoms with Crippen molar-refractivity contribution in [1.29, 1.82) is 0 Å². The third-order valence-electron chi connectivity index (χ3n) is 2.94. The van der Waals surface area contributed by atoms with Crippen LogP contribution in [0.5, 0.6) is 5.75 Å². The number of hydrogen-bond acceptors (Lipinski definition) is 5. The maximum absolute atomic E-state index is 5.96. The molecule has 0 saturated carbocycles. The molecule has 2 aromatic heterocycles. The molecule has 20 heavy (non-hydrogen) atoms. The zero-order valence-corrected chi connectivity index (χ0v) is 13.6. The number of hydrogen-bond donors (Lipinski definition) is 1. The zero-order chi connectivity index (χ0) is 14.1. The molecule has 0 bridgehead atoms. The summed E-state index contributed by atoms with van der Waals surface area (Å²) >= 11 is 3.93. The average Bonchev–Trinajstić information content (AvgIpc) is 3.04. The number of para-hydroxylation sites is 1. The second-order valence-electron chi connectivity index (χ2n) is 4.11. The highest BCUT2D eigenvalue weighted by Crippen LogP contribution is 2.41. The number of nitrogen functional groups attached to an aromatic ring is 1. The van der Waals surface area contributed by atoms with Gasteiger partial charge in [0.15, 0.2) is 0 Å². The molecule has 3 rings (SSSR count). The monoisotopic (exact) mass is 398 g/mol. The predicted molar refractivity (Wildman–Crippen MR) is 88.9 cm³/mol. The summed E-state index contributed by atoms with van der Waals surface area (Å²) < 4.78 is 11.8. The zero-order valence-electron chi connectivity index (χ0n) is 10.6. The van der Waals surface area contributed by atoms with Crippen LogP contribution in [0.25, 0.3) is 22.4 Å². The summed E-state index contributed by atoms with van der Waals surface area (Å²) in [6.45, 7) is 0. The summed E-state index contributed by atoms with van der Waals surface area (Å²) in [5.41, 5.74) is 9.35. The minimum Gasteiger partial charge on any atom is -0.496 e. The highest BCUT2D eigenvalue weighted by Gasteiger charge is 2.20. The van der Waals surface area contributed by atoms with E-state index < -0.39 is 0 Å². The SMILES string of the molecule is COc1ccccc1-c1c(-c2csc(I)c2)noc1N. The number of methoxy groups -OCH3 is 1. The van der Waals surface area contributed by atoms with Gasteiger partial charge in [0, 0.05) is 16.5 Å². The smallest absolute Gasteiger partial charge is 0.230 e. The molecule has 0 unspecified atom stereocenters. The summed E-state index contributed by atoms with van der Waals surface area (Å²) in [6, 6.07) is 9.75. The van der Waals surface area contributed by atoms with E-state index in [0.717, 1.165) is 28.1 Å². The third-order valence-corrected chi connectivity index (χ3v) is 4.72. The Balaban J connectivity index is 2.21. The predicted octanol–water partition coefficient (Wildman–Crippen LogP) is 4.27. The molecule has 1 aromatic carbocycles. The normalized spacial score (nSPS) is 10.7. The highest BCUT2D eigenvalue weighted by molar-refractivity contribution is 14.1. The lowest BCUT2D eigenvalue weighted by Gasteiger charge is -2.07. The maximum atomic E-state index is 5.96. The van der Waals surface area contributed by atoms with Crippen LogP contribution in [0.15, 0.2) is 40.2 Å². The molecule has 0 atom stereocenters. The topological polar surface area (TPSA) is 61.3 Å². The molecule has 0 aliphatic heterocycles. The van der Waals surface area contributed by atoms with Crippen LogP contribution < -0.4 is 10.5 Å². The molecule has 2 N–H and O–H groups in total. The third kappa shape index (κ3) is 2.29. The van der Waals surface area contributed by atoms with Crippen LogP contribution >= 0.6 is 33.9 Å². The van der Waals surface area contributed by atoms with Gasteiger partial charge in [-0.15, -0.1) is 11.3 Å². The molecule has 3 aromatic rings. The van der Waals surface area contributed by atoms with Crippen molar-refractivity contribution in [2.45, 2.75) is 0 Å². The van der Waals surface area contributed by atoms with Crippen LogP contribution in [0.1, 0.15) is 0 Å². The minimum absolute atomic E-state index is 0.297. The molecule has 4 nitrogen and oxygen atoms in total. The molecule has 0 amide bonds. The lowest BCUT2D eigenvalue weighted by Crippen LogP contribution is -1.91. The Morgan fingerprint density at radius 1 is 1.35 bits per heavy atom. The Morgan fingerprint density at radius 3 is 2.85 bits per heavy atom. The molecule has 0 saturated heterocycles. The van der Waals surface area contributed by atoms with Gasteiger partial charge in [0.25, 0.3) is 0 Å². The molecule has 0 aliphatic carbocycles. The number of nitrogens with two attached hydrogens (primary N) is 1. The van der Waals surface area contributed by atoms with Crippen molar-refractivity contribution in [1.82, 2.24) is 5.16 Å². The van der Waals surface area contributed by atoms with Crippen LogP contribution in [0.4, 0.5) is 5.88 Å². The van der Waals surface area contributed by atoms with Gasteiger partial charge in [-0.2, -0.15) is 0 Å². The van der Waals surface area contributed by atoms with Gasteiger partial charge >= 0.3 is 0 Å². The summed E-state index contributed by atoms with van der Waals surface area (Å²) in [7, 11) is 1.63. The van der Waals surface area contributed by atoms with Gasteiger partial charge in [0.1, 0.15) is 11.4 Å². The number of aromatic nitrogens is 1. The van der Waals surface area contributed by atoms with Crippen molar-refractivity contribution in [2.75, 3.05) is 12.8 Å². The van der Waals surface area contributed by atoms with Crippen molar-refractivity contribution in [2.24, 2.45) is 0 Å². The van der Waals surface area contributed by atoms with Gasteiger partial charge in [-0.1, -0.05) is 23.4 Å². The van der Waals surface area contributed by atoms with E-state index in [2.05, 4.69) is 33.8 Å². The van der Waals surface area contributed by atoms with Crippen molar-refractivity contribution >= 4 is 39.8 Å². The van der Waals surface area contributed by atoms with Crippen LogP contribution in [0, 0.1) is 2.88 Å². The van der Waals surface area contributed by atoms with Crippen LogP contribution in [-0.4, -0.2) is 12.3 Å². The molecule has 2 heterocycles. The quantitative estimate of drug-likeness (QED) is 0.670. The van der Waals surface area contributed by atoms with Crippen LogP contribution in [-0.2, 0) is 0 Å². The second-order valence-corrected chi connectivity index (χ2v) is 6.92. The fourth-order valence-electron chi connectivity index (χ4n) is 2.05. The summed E-state index contributed by atoms with van der Waals surface area (Å²) in [6.07, 6.45) is 0. The Bertz CT molecular complexity index is 751. The van der Waals surface area contributed by atoms with Gasteiger partial charge in [0.2, 0.25) is 5.88 Å². The fraction of sp³-hybridized carbons (Fsp3) is 0.0714. The van der Waals surface area contributed by atoms with E-state index in [-0.39, 0.29) is 0 Å². The van der Waals surface area contributed by atoms with Crippen molar-refractivity contribution in [3.8, 4) is 28.1 Å². The van der Waals surface area contributed by atoms with E-state index in [9.17, 15) is 0 Å². The first-order valence-electron chi connectivity index (χ1n) is 5.83. The highest BCUT2D eigenvalue weighted by atomic mass is 127. The Kier molecular flexibility index (Phi) is 3.66. The molecule has 0 fully saturated rings. The van der Waals surface area contributed by atoms with E-state index >= 15 is 0 Å². The number of ether oxygens (including phenoxy) is 1. The van der Waals surface area contributed by atoms with Gasteiger partial charge < -0.3 is 15.0 Å². The Morgan fingerprint density at radius 2 is 2.15 bits per heavy atom. The summed E-state index contributed by atoms with van der Waals surface area (Å²) in [4.78, 5) is 0. The Labute approximate surface area is 133 Å². The summed E-state index contributed by atoms with van der Waals surface area (Å²) in [5, 5.41) is 6.14. The standard InChI is InChI=1S/C14H11IN2O2S/c1-18-10-5-3-2-4-9(10)12-13(17-19-14(12)16)8-6-11(15)20-7-8/h2-7H,16H2,1H3. The molecular formula is C14H11IN2O2S. The number of anilines is 1. The average molecular weight is 398 g/mol. The molecule has 102 valence electrons. The maximum Gasteiger partial charge on any atom is 0.230 e. The van der Waals surface area contributed by atoms with E-state index in [1.54, 1.807) is 18.4 Å². The first-order chi connectivity index (χ1) is 9.70. The van der Waals surface area contributed by atoms with Gasteiger partial charge in [-0.25, -0.2) is 0 Å². The molecule has 0 radical (unpaired) electrons. The van der Waals surface area contributed by atoms with Crippen molar-refractivity contribution in [3.63, 3.8) is 0 Å². The van der Waals surface area contributed by atoms with Crippen LogP contribution in [0.2, 0.25) is 0 Å². The summed E-state index contributed by atoms with van der Waals surface area (Å²) in [5.74, 6) is 1.04. The van der Waals surface area contributed by atoms with E-state index in [4.69, 9.17) is 15.0 Å². The molecular weight excluding hydrogens is 387 g/mol. The van der Waals surface area contributed by atoms with Gasteiger partial charge in [0.05, 0.1) is 15.6 Å². The first kappa shape index (κ1) is 13.4. The van der Waals surface area contributed by atoms with E-state index in [1.165, 1.54) is 2.88 Å². The lowest BCUT2D eigenvalue weighted by atomic mass is 10.0. The fourth-order valence-corrected chi connectivity index (χ4v) is 3.38. The van der Waals surface area contributed by atoms with Crippen LogP contribution in [0.3, 0.4) is 0 Å². The van der Waals surface area contributed by atoms with Gasteiger partial charge in [-0.05, 0) is 34.7 Å². The first-order valence-corrected chi connectivity index (χ1v) is 7.79. The molecule has 6 heteroatoms. The number of nitrogens with zero attached hydrogens (tertiary/aromatic N) is 1. The second kappa shape index (κ2) is 5.45. The number of benzene rings is 1. The van der Waals surface area contributed by atoms with Crippen molar-refractivity contribution in [3.05, 3.63) is 38.6 Å². The Hall–Kier alpha value is -1.54. The molecule has 0 aliphatic rings. The number of thiophene rings is 1. The lowest BCUT2D eigenvalue weighted by molar-refractivity contribution is 0.416. The van der Waals surface area contributed by atoms with E-state index in [1.807, 2.05) is 29.6 Å². The van der Waals surface area contributed by atoms with Gasteiger partial charge in [-0.3, -0.25) is 0 Å². The van der Waals surface area contributed by atoms with E-state index in [0.29, 0.717) is 5.88 Å². The molecule has 0 spiro atoms. The largest absolute Gasteiger partial charge is 0.496 e. The number of rotatable bonds is 3. The minimum atomic E-state index is 0.297. The van der Waals surface area contributed by atoms with Crippen molar-refractivity contribution < 1.29 is 9.26 Å². The number of halogens is 1.